The van der Waals surface area contributed by atoms with Crippen molar-refractivity contribution < 1.29 is 4.84 Å². The molecule has 18 heavy (non-hydrogen) atoms. The van der Waals surface area contributed by atoms with E-state index in [0.717, 1.165) is 5.69 Å². The molecule has 0 bridgehead atoms. The Hall–Kier alpha value is -2.56. The van der Waals surface area contributed by atoms with Gasteiger partial charge >= 0.3 is 0 Å². The molecule has 0 heterocycles. The normalized spacial score (nSPS) is 11.2. The Bertz CT molecular complexity index is 552. The highest BCUT2D eigenvalue weighted by molar-refractivity contribution is 5.60. The fourth-order valence-electron chi connectivity index (χ4n) is 1.32. The Balaban J connectivity index is 2.24. The van der Waals surface area contributed by atoms with E-state index in [1.807, 2.05) is 48.5 Å². The van der Waals surface area contributed by atoms with Crippen LogP contribution in [0.15, 0.2) is 75.2 Å². The number of hydrogen-bond donors (Lipinski definition) is 0. The van der Waals surface area contributed by atoms with Crippen molar-refractivity contribution in [2.24, 2.45) is 20.6 Å². The molecule has 0 aliphatic rings. The summed E-state index contributed by atoms with van der Waals surface area (Å²) in [5.41, 5.74) is 2.04. The van der Waals surface area contributed by atoms with Gasteiger partial charge in [-0.15, -0.1) is 10.2 Å². The van der Waals surface area contributed by atoms with Gasteiger partial charge in [0.15, 0.2) is 0 Å². The summed E-state index contributed by atoms with van der Waals surface area (Å²) in [6.45, 7) is 0. The second-order valence-electron chi connectivity index (χ2n) is 3.39. The molecule has 0 fully saturated rings. The van der Waals surface area contributed by atoms with Crippen LogP contribution in [0.5, 0.6) is 0 Å². The van der Waals surface area contributed by atoms with Gasteiger partial charge in [0.2, 0.25) is 0 Å². The highest BCUT2D eigenvalue weighted by Crippen LogP contribution is 2.29. The first kappa shape index (κ1) is 11.9. The molecular weight excluding hydrogens is 228 g/mol. The fraction of sp³-hybridized carbons (Fsp3) is 0.0769. The number of azo groups is 1. The van der Waals surface area contributed by atoms with Crippen LogP contribution in [0.1, 0.15) is 0 Å². The minimum Gasteiger partial charge on any atom is -0.383 e. The summed E-state index contributed by atoms with van der Waals surface area (Å²) in [7, 11) is 1.44. The molecule has 0 saturated heterocycles. The molecule has 2 aromatic rings. The molecule has 0 saturated carbocycles. The predicted octanol–water partition coefficient (Wildman–Crippen LogP) is 4.75. The standard InChI is InChI=1S/C13H12N4O/c1-18-17-16-13-10-6-5-9-12(13)15-14-11-7-3-2-4-8-11/h2-10H,1H3. The first-order chi connectivity index (χ1) is 8.90. The number of rotatable bonds is 4. The molecule has 5 heteroatoms. The molecule has 0 aliphatic heterocycles. The number of nitrogens with zero attached hydrogens (tertiary/aromatic N) is 4. The summed E-state index contributed by atoms with van der Waals surface area (Å²) in [5, 5.41) is 15.6. The van der Waals surface area contributed by atoms with Gasteiger partial charge in [-0.1, -0.05) is 30.3 Å². The van der Waals surface area contributed by atoms with Gasteiger partial charge in [0.1, 0.15) is 18.5 Å². The van der Waals surface area contributed by atoms with Gasteiger partial charge in [0.05, 0.1) is 5.69 Å². The third-order valence-electron chi connectivity index (χ3n) is 2.14. The van der Waals surface area contributed by atoms with Crippen molar-refractivity contribution in [3.05, 3.63) is 54.6 Å². The zero-order valence-corrected chi connectivity index (χ0v) is 9.89. The summed E-state index contributed by atoms with van der Waals surface area (Å²) < 4.78 is 0. The Morgan fingerprint density at radius 1 is 0.722 bits per heavy atom. The number of hydrogen-bond acceptors (Lipinski definition) is 5. The minimum absolute atomic E-state index is 0.610. The molecule has 0 spiro atoms. The first-order valence-corrected chi connectivity index (χ1v) is 5.40. The quantitative estimate of drug-likeness (QED) is 0.562. The molecule has 0 unspecified atom stereocenters. The van der Waals surface area contributed by atoms with Crippen molar-refractivity contribution in [3.63, 3.8) is 0 Å². The van der Waals surface area contributed by atoms with Crippen LogP contribution in [-0.4, -0.2) is 7.11 Å². The molecule has 0 aromatic heterocycles. The Labute approximate surface area is 105 Å². The highest BCUT2D eigenvalue weighted by Gasteiger charge is 1.98. The fourth-order valence-corrected chi connectivity index (χ4v) is 1.32. The van der Waals surface area contributed by atoms with E-state index < -0.39 is 0 Å². The predicted molar refractivity (Wildman–Crippen MR) is 68.6 cm³/mol. The van der Waals surface area contributed by atoms with Crippen LogP contribution in [0, 0.1) is 0 Å². The molecule has 0 atom stereocenters. The van der Waals surface area contributed by atoms with Gasteiger partial charge in [0.25, 0.3) is 0 Å². The summed E-state index contributed by atoms with van der Waals surface area (Å²) in [6, 6.07) is 16.8. The summed E-state index contributed by atoms with van der Waals surface area (Å²) in [4.78, 5) is 4.55. The van der Waals surface area contributed by atoms with Crippen LogP contribution in [0.2, 0.25) is 0 Å². The lowest BCUT2D eigenvalue weighted by Gasteiger charge is -1.96. The lowest BCUT2D eigenvalue weighted by atomic mass is 10.3. The SMILES string of the molecule is CON=Nc1ccccc1N=Nc1ccccc1. The molecule has 90 valence electrons. The maximum atomic E-state index is 4.55. The van der Waals surface area contributed by atoms with E-state index in [1.54, 1.807) is 6.07 Å². The van der Waals surface area contributed by atoms with Gasteiger partial charge in [-0.05, 0) is 24.3 Å². The molecule has 0 amide bonds. The van der Waals surface area contributed by atoms with Crippen LogP contribution in [0.3, 0.4) is 0 Å². The zero-order valence-electron chi connectivity index (χ0n) is 9.89. The second-order valence-corrected chi connectivity index (χ2v) is 3.39. The molecule has 0 aliphatic carbocycles. The van der Waals surface area contributed by atoms with Crippen molar-refractivity contribution in [3.8, 4) is 0 Å². The van der Waals surface area contributed by atoms with E-state index >= 15 is 0 Å². The number of benzene rings is 2. The van der Waals surface area contributed by atoms with Crippen LogP contribution < -0.4 is 0 Å². The Morgan fingerprint density at radius 2 is 1.33 bits per heavy atom. The van der Waals surface area contributed by atoms with Crippen LogP contribution in [-0.2, 0) is 4.84 Å². The van der Waals surface area contributed by atoms with Crippen molar-refractivity contribution in [2.45, 2.75) is 0 Å². The second kappa shape index (κ2) is 6.24. The van der Waals surface area contributed by atoms with Gasteiger partial charge in [-0.3, -0.25) is 0 Å². The smallest absolute Gasteiger partial charge is 0.116 e. The van der Waals surface area contributed by atoms with E-state index in [9.17, 15) is 0 Å². The lowest BCUT2D eigenvalue weighted by molar-refractivity contribution is 0.190. The van der Waals surface area contributed by atoms with Crippen molar-refractivity contribution in [1.29, 1.82) is 0 Å². The van der Waals surface area contributed by atoms with E-state index in [0.29, 0.717) is 11.4 Å². The van der Waals surface area contributed by atoms with E-state index in [-0.39, 0.29) is 0 Å². The summed E-state index contributed by atoms with van der Waals surface area (Å²) in [6.07, 6.45) is 0. The average molecular weight is 240 g/mol. The molecule has 0 radical (unpaired) electrons. The van der Waals surface area contributed by atoms with Gasteiger partial charge in [-0.2, -0.15) is 5.11 Å². The van der Waals surface area contributed by atoms with Crippen LogP contribution in [0.25, 0.3) is 0 Å². The van der Waals surface area contributed by atoms with Gasteiger partial charge < -0.3 is 4.84 Å². The molecule has 2 aromatic carbocycles. The molecule has 0 N–H and O–H groups in total. The van der Waals surface area contributed by atoms with Crippen molar-refractivity contribution in [1.82, 2.24) is 0 Å². The van der Waals surface area contributed by atoms with Gasteiger partial charge in [0, 0.05) is 5.28 Å². The van der Waals surface area contributed by atoms with Gasteiger partial charge in [-0.25, -0.2) is 0 Å². The highest BCUT2D eigenvalue weighted by atomic mass is 16.6. The molecule has 5 nitrogen and oxygen atoms in total. The van der Waals surface area contributed by atoms with Crippen LogP contribution in [0.4, 0.5) is 17.1 Å². The van der Waals surface area contributed by atoms with Crippen molar-refractivity contribution >= 4 is 17.1 Å². The zero-order chi connectivity index (χ0) is 12.6. The van der Waals surface area contributed by atoms with E-state index in [1.165, 1.54) is 7.11 Å². The first-order valence-electron chi connectivity index (χ1n) is 5.40. The lowest BCUT2D eigenvalue weighted by Crippen LogP contribution is -1.68. The maximum Gasteiger partial charge on any atom is 0.116 e. The average Bonchev–Trinajstić information content (AvgIpc) is 2.45. The molecule has 2 rings (SSSR count). The van der Waals surface area contributed by atoms with Crippen molar-refractivity contribution in [2.75, 3.05) is 7.11 Å². The third-order valence-corrected chi connectivity index (χ3v) is 2.14. The third kappa shape index (κ3) is 3.21. The maximum absolute atomic E-state index is 4.55. The minimum atomic E-state index is 0.610. The largest absolute Gasteiger partial charge is 0.383 e. The Kier molecular flexibility index (Phi) is 4.13. The van der Waals surface area contributed by atoms with E-state index in [2.05, 4.69) is 25.5 Å². The van der Waals surface area contributed by atoms with Crippen LogP contribution >= 0.6 is 0 Å². The topological polar surface area (TPSA) is 58.7 Å². The Morgan fingerprint density at radius 3 is 2.00 bits per heavy atom. The summed E-state index contributed by atoms with van der Waals surface area (Å²) in [5.74, 6) is 0. The monoisotopic (exact) mass is 240 g/mol. The molecular formula is C13H12N4O. The summed E-state index contributed by atoms with van der Waals surface area (Å²) >= 11 is 0. The van der Waals surface area contributed by atoms with E-state index in [4.69, 9.17) is 0 Å².